The van der Waals surface area contributed by atoms with E-state index in [0.717, 1.165) is 33.3 Å². The first-order valence-electron chi connectivity index (χ1n) is 10.2. The normalized spacial score (nSPS) is 10.8. The van der Waals surface area contributed by atoms with Crippen LogP contribution in [0.2, 0.25) is 0 Å². The summed E-state index contributed by atoms with van der Waals surface area (Å²) in [6.45, 7) is 5.49. The highest BCUT2D eigenvalue weighted by Crippen LogP contribution is 2.30. The van der Waals surface area contributed by atoms with Crippen LogP contribution in [0.5, 0.6) is 0 Å². The van der Waals surface area contributed by atoms with Crippen molar-refractivity contribution in [2.75, 3.05) is 6.61 Å². The van der Waals surface area contributed by atoms with Gasteiger partial charge < -0.3 is 4.74 Å². The monoisotopic (exact) mass is 409 g/mol. The van der Waals surface area contributed by atoms with E-state index >= 15 is 0 Å². The number of ether oxygens (including phenoxy) is 1. The molecule has 0 bridgehead atoms. The quantitative estimate of drug-likeness (QED) is 0.306. The molecule has 0 atom stereocenters. The van der Waals surface area contributed by atoms with E-state index in [2.05, 4.69) is 0 Å². The van der Waals surface area contributed by atoms with E-state index in [1.165, 1.54) is 0 Å². The predicted octanol–water partition coefficient (Wildman–Crippen LogP) is 5.87. The van der Waals surface area contributed by atoms with Crippen LogP contribution in [0.25, 0.3) is 22.2 Å². The van der Waals surface area contributed by atoms with Crippen molar-refractivity contribution >= 4 is 22.7 Å². The molecule has 0 aliphatic carbocycles. The Bertz CT molecular complexity index is 1280. The van der Waals surface area contributed by atoms with Crippen LogP contribution in [0.3, 0.4) is 0 Å². The SMILES string of the molecule is Cc1ccc(C(=O)COC(=O)c2c(C)c(-c3ccccc3)nc3ccc(C)cc23)cc1. The lowest BCUT2D eigenvalue weighted by Crippen LogP contribution is -2.16. The number of ketones is 1. The van der Waals surface area contributed by atoms with Crippen molar-refractivity contribution < 1.29 is 14.3 Å². The van der Waals surface area contributed by atoms with Gasteiger partial charge in [-0.05, 0) is 38.5 Å². The van der Waals surface area contributed by atoms with Crippen LogP contribution in [0.1, 0.15) is 37.4 Å². The summed E-state index contributed by atoms with van der Waals surface area (Å²) < 4.78 is 5.48. The minimum absolute atomic E-state index is 0.233. The molecule has 0 aliphatic heterocycles. The Balaban J connectivity index is 1.72. The van der Waals surface area contributed by atoms with Crippen LogP contribution in [-0.4, -0.2) is 23.3 Å². The van der Waals surface area contributed by atoms with Crippen molar-refractivity contribution in [3.05, 3.63) is 101 Å². The molecule has 0 radical (unpaired) electrons. The average molecular weight is 409 g/mol. The van der Waals surface area contributed by atoms with Gasteiger partial charge in [-0.1, -0.05) is 71.8 Å². The molecule has 4 nitrogen and oxygen atoms in total. The van der Waals surface area contributed by atoms with E-state index in [1.54, 1.807) is 12.1 Å². The summed E-state index contributed by atoms with van der Waals surface area (Å²) >= 11 is 0. The molecular formula is C27H23NO3. The molecule has 4 rings (SSSR count). The molecule has 154 valence electrons. The van der Waals surface area contributed by atoms with Gasteiger partial charge in [0.05, 0.1) is 16.8 Å². The molecular weight excluding hydrogens is 386 g/mol. The van der Waals surface area contributed by atoms with Crippen molar-refractivity contribution in [3.63, 3.8) is 0 Å². The first-order chi connectivity index (χ1) is 14.9. The standard InChI is InChI=1S/C27H23NO3/c1-17-9-12-20(13-10-17)24(29)16-31-27(30)25-19(3)26(21-7-5-4-6-8-21)28-23-14-11-18(2)15-22(23)25/h4-15H,16H2,1-3H3. The topological polar surface area (TPSA) is 56.3 Å². The summed E-state index contributed by atoms with van der Waals surface area (Å²) in [5.74, 6) is -0.753. The molecule has 4 aromatic rings. The van der Waals surface area contributed by atoms with Gasteiger partial charge >= 0.3 is 5.97 Å². The second-order valence-electron chi connectivity index (χ2n) is 7.71. The minimum Gasteiger partial charge on any atom is -0.454 e. The van der Waals surface area contributed by atoms with Crippen LogP contribution < -0.4 is 0 Å². The van der Waals surface area contributed by atoms with Crippen molar-refractivity contribution in [1.82, 2.24) is 4.98 Å². The minimum atomic E-state index is -0.520. The van der Waals surface area contributed by atoms with Gasteiger partial charge in [-0.3, -0.25) is 4.79 Å². The summed E-state index contributed by atoms with van der Waals surface area (Å²) in [7, 11) is 0. The van der Waals surface area contributed by atoms with Gasteiger partial charge in [0, 0.05) is 16.5 Å². The molecule has 3 aromatic carbocycles. The molecule has 0 N–H and O–H groups in total. The van der Waals surface area contributed by atoms with Crippen molar-refractivity contribution in [2.24, 2.45) is 0 Å². The highest BCUT2D eigenvalue weighted by molar-refractivity contribution is 6.07. The number of hydrogen-bond donors (Lipinski definition) is 0. The number of Topliss-reactive ketones (excluding diaryl/α,β-unsaturated/α-hetero) is 1. The number of pyridine rings is 1. The smallest absolute Gasteiger partial charge is 0.339 e. The summed E-state index contributed by atoms with van der Waals surface area (Å²) in [5, 5.41) is 0.727. The van der Waals surface area contributed by atoms with Crippen LogP contribution in [-0.2, 0) is 4.74 Å². The van der Waals surface area contributed by atoms with Gasteiger partial charge in [-0.2, -0.15) is 0 Å². The van der Waals surface area contributed by atoms with Crippen LogP contribution in [0.15, 0.2) is 72.8 Å². The molecule has 1 aromatic heterocycles. The number of aromatic nitrogens is 1. The van der Waals surface area contributed by atoms with Gasteiger partial charge in [-0.25, -0.2) is 9.78 Å². The molecule has 0 saturated carbocycles. The maximum absolute atomic E-state index is 13.2. The first-order valence-corrected chi connectivity index (χ1v) is 10.2. The molecule has 0 unspecified atom stereocenters. The summed E-state index contributed by atoms with van der Waals surface area (Å²) in [5.41, 5.74) is 6.16. The number of fused-ring (bicyclic) bond motifs is 1. The third-order valence-electron chi connectivity index (χ3n) is 5.34. The third kappa shape index (κ3) is 4.24. The highest BCUT2D eigenvalue weighted by atomic mass is 16.5. The number of carbonyl (C=O) groups excluding carboxylic acids is 2. The van der Waals surface area contributed by atoms with Crippen molar-refractivity contribution in [1.29, 1.82) is 0 Å². The lowest BCUT2D eigenvalue weighted by molar-refractivity contribution is 0.0476. The van der Waals surface area contributed by atoms with E-state index in [1.807, 2.05) is 81.4 Å². The van der Waals surface area contributed by atoms with Crippen LogP contribution in [0.4, 0.5) is 0 Å². The molecule has 0 saturated heterocycles. The van der Waals surface area contributed by atoms with E-state index in [9.17, 15) is 9.59 Å². The zero-order valence-electron chi connectivity index (χ0n) is 17.8. The molecule has 0 spiro atoms. The number of carbonyl (C=O) groups is 2. The maximum Gasteiger partial charge on any atom is 0.339 e. The fourth-order valence-electron chi connectivity index (χ4n) is 3.64. The Morgan fingerprint density at radius 1 is 0.839 bits per heavy atom. The fourth-order valence-corrected chi connectivity index (χ4v) is 3.64. The molecule has 1 heterocycles. The van der Waals surface area contributed by atoms with Gasteiger partial charge in [-0.15, -0.1) is 0 Å². The third-order valence-corrected chi connectivity index (χ3v) is 5.34. The van der Waals surface area contributed by atoms with Crippen molar-refractivity contribution in [2.45, 2.75) is 20.8 Å². The zero-order chi connectivity index (χ0) is 22.0. The van der Waals surface area contributed by atoms with Gasteiger partial charge in [0.15, 0.2) is 12.4 Å². The molecule has 0 aliphatic rings. The summed E-state index contributed by atoms with van der Waals surface area (Å²) in [6, 6.07) is 22.8. The second-order valence-corrected chi connectivity index (χ2v) is 7.71. The molecule has 0 amide bonds. The van der Waals surface area contributed by atoms with Gasteiger partial charge in [0.1, 0.15) is 0 Å². The van der Waals surface area contributed by atoms with E-state index in [-0.39, 0.29) is 12.4 Å². The van der Waals surface area contributed by atoms with E-state index in [4.69, 9.17) is 9.72 Å². The van der Waals surface area contributed by atoms with E-state index < -0.39 is 5.97 Å². The molecule has 31 heavy (non-hydrogen) atoms. The largest absolute Gasteiger partial charge is 0.454 e. The lowest BCUT2D eigenvalue weighted by Gasteiger charge is -2.14. The number of benzene rings is 3. The Morgan fingerprint density at radius 3 is 2.23 bits per heavy atom. The fraction of sp³-hybridized carbons (Fsp3) is 0.148. The van der Waals surface area contributed by atoms with Crippen molar-refractivity contribution in [3.8, 4) is 11.3 Å². The first kappa shape index (κ1) is 20.5. The summed E-state index contributed by atoms with van der Waals surface area (Å²) in [4.78, 5) is 30.5. The zero-order valence-corrected chi connectivity index (χ0v) is 17.8. The number of esters is 1. The highest BCUT2D eigenvalue weighted by Gasteiger charge is 2.21. The predicted molar refractivity (Wildman–Crippen MR) is 122 cm³/mol. The van der Waals surface area contributed by atoms with Gasteiger partial charge in [0.2, 0.25) is 0 Å². The van der Waals surface area contributed by atoms with Gasteiger partial charge in [0.25, 0.3) is 0 Å². The maximum atomic E-state index is 13.2. The Hall–Kier alpha value is -3.79. The summed E-state index contributed by atoms with van der Waals surface area (Å²) in [6.07, 6.45) is 0. The Morgan fingerprint density at radius 2 is 1.52 bits per heavy atom. The van der Waals surface area contributed by atoms with Crippen LogP contribution in [0, 0.1) is 20.8 Å². The number of aryl methyl sites for hydroxylation is 2. The molecule has 4 heteroatoms. The van der Waals surface area contributed by atoms with E-state index in [0.29, 0.717) is 16.6 Å². The average Bonchev–Trinajstić information content (AvgIpc) is 2.78. The lowest BCUT2D eigenvalue weighted by atomic mass is 9.97. The number of rotatable bonds is 5. The number of nitrogens with zero attached hydrogens (tertiary/aromatic N) is 1. The number of hydrogen-bond acceptors (Lipinski definition) is 4. The molecule has 0 fully saturated rings. The Kier molecular flexibility index (Phi) is 5.63. The Labute approximate surface area is 181 Å². The second kappa shape index (κ2) is 8.52. The van der Waals surface area contributed by atoms with Crippen LogP contribution >= 0.6 is 0 Å².